The largest absolute Gasteiger partial charge is 0.479 e. The number of halogens is 1. The first-order valence-corrected chi connectivity index (χ1v) is 12.3. The Morgan fingerprint density at radius 1 is 1.30 bits per heavy atom. The van der Waals surface area contributed by atoms with Crippen LogP contribution in [-0.4, -0.2) is 93.0 Å². The highest BCUT2D eigenvalue weighted by atomic mass is 19.1. The van der Waals surface area contributed by atoms with Crippen LogP contribution in [0.1, 0.15) is 23.8 Å². The Bertz CT molecular complexity index is 1480. The smallest absolute Gasteiger partial charge is 0.269 e. The number of methoxy groups -OCH3 is 1. The minimum Gasteiger partial charge on any atom is -0.479 e. The van der Waals surface area contributed by atoms with Gasteiger partial charge in [0.15, 0.2) is 0 Å². The van der Waals surface area contributed by atoms with Gasteiger partial charge in [0.05, 0.1) is 38.6 Å². The highest BCUT2D eigenvalue weighted by Gasteiger charge is 2.43. The zero-order valence-corrected chi connectivity index (χ0v) is 20.9. The van der Waals surface area contributed by atoms with Gasteiger partial charge in [0.1, 0.15) is 22.5 Å². The molecule has 2 aliphatic rings. The van der Waals surface area contributed by atoms with E-state index in [0.717, 1.165) is 17.7 Å². The van der Waals surface area contributed by atoms with Gasteiger partial charge >= 0.3 is 0 Å². The van der Waals surface area contributed by atoms with E-state index in [0.29, 0.717) is 60.9 Å². The molecule has 0 bridgehead atoms. The molecule has 2 fully saturated rings. The number of rotatable bonds is 6. The Balaban J connectivity index is 1.31. The second-order valence-corrected chi connectivity index (χ2v) is 9.76. The molecule has 6 heterocycles. The summed E-state index contributed by atoms with van der Waals surface area (Å²) in [6.07, 6.45) is 5.83. The number of ether oxygens (including phenoxy) is 2. The van der Waals surface area contributed by atoms with E-state index in [1.165, 1.54) is 0 Å². The van der Waals surface area contributed by atoms with Gasteiger partial charge in [-0.15, -0.1) is 5.10 Å². The van der Waals surface area contributed by atoms with E-state index in [-0.39, 0.29) is 5.91 Å². The molecule has 4 aromatic heterocycles. The Morgan fingerprint density at radius 2 is 2.14 bits per heavy atom. The van der Waals surface area contributed by atoms with Gasteiger partial charge in [0.2, 0.25) is 11.8 Å². The SMILES string of the molecule is CNC(=O)c1cnc2ccc(-c3ccn4nc(N[C@@H]5CCN(C6COC6)CC5(C)F)nc(OC)c34)cn12. The van der Waals surface area contributed by atoms with Crippen molar-refractivity contribution < 1.29 is 18.7 Å². The van der Waals surface area contributed by atoms with Crippen LogP contribution in [0.3, 0.4) is 0 Å². The van der Waals surface area contributed by atoms with Crippen molar-refractivity contribution in [1.29, 1.82) is 0 Å². The van der Waals surface area contributed by atoms with E-state index < -0.39 is 11.7 Å². The number of pyridine rings is 1. The summed E-state index contributed by atoms with van der Waals surface area (Å²) in [7, 11) is 3.13. The molecule has 1 unspecified atom stereocenters. The van der Waals surface area contributed by atoms with Crippen LogP contribution in [0.15, 0.2) is 36.8 Å². The van der Waals surface area contributed by atoms with Gasteiger partial charge in [-0.05, 0) is 31.5 Å². The molecule has 2 atom stereocenters. The van der Waals surface area contributed by atoms with Gasteiger partial charge in [-0.3, -0.25) is 14.1 Å². The summed E-state index contributed by atoms with van der Waals surface area (Å²) in [5, 5.41) is 10.5. The van der Waals surface area contributed by atoms with Crippen molar-refractivity contribution in [2.75, 3.05) is 45.8 Å². The first kappa shape index (κ1) is 23.6. The van der Waals surface area contributed by atoms with E-state index in [9.17, 15) is 4.79 Å². The Kier molecular flexibility index (Phi) is 5.72. The third-order valence-corrected chi connectivity index (χ3v) is 7.33. The third kappa shape index (κ3) is 4.05. The Labute approximate surface area is 212 Å². The first-order chi connectivity index (χ1) is 17.9. The van der Waals surface area contributed by atoms with E-state index >= 15 is 4.39 Å². The van der Waals surface area contributed by atoms with Crippen molar-refractivity contribution in [2.24, 2.45) is 0 Å². The molecular formula is C25H29FN8O3. The van der Waals surface area contributed by atoms with Crippen LogP contribution in [0.25, 0.3) is 22.3 Å². The molecule has 37 heavy (non-hydrogen) atoms. The summed E-state index contributed by atoms with van der Waals surface area (Å²) in [6, 6.07) is 5.54. The van der Waals surface area contributed by atoms with Crippen molar-refractivity contribution in [3.8, 4) is 17.0 Å². The number of carbonyl (C=O) groups excluding carboxylic acids is 1. The van der Waals surface area contributed by atoms with Crippen LogP contribution < -0.4 is 15.4 Å². The molecule has 0 spiro atoms. The van der Waals surface area contributed by atoms with Gasteiger partial charge in [-0.1, -0.05) is 0 Å². The van der Waals surface area contributed by atoms with E-state index in [4.69, 9.17) is 9.47 Å². The predicted molar refractivity (Wildman–Crippen MR) is 135 cm³/mol. The molecule has 6 rings (SSSR count). The summed E-state index contributed by atoms with van der Waals surface area (Å²) in [4.78, 5) is 23.3. The number of likely N-dealkylation sites (tertiary alicyclic amines) is 1. The molecule has 11 nitrogen and oxygen atoms in total. The molecule has 2 aliphatic heterocycles. The molecule has 12 heteroatoms. The normalized spacial score (nSPS) is 22.8. The van der Waals surface area contributed by atoms with Gasteiger partial charge in [0, 0.05) is 43.7 Å². The van der Waals surface area contributed by atoms with Crippen LogP contribution >= 0.6 is 0 Å². The molecule has 0 saturated carbocycles. The molecule has 4 aromatic rings. The standard InChI is InChI=1S/C25H29FN8O3/c1-25(26)14-32(16-12-37-13-16)8-7-19(25)29-24-30-23(36-3)21-17(6-9-34(21)31-24)15-4-5-20-28-10-18(22(35)27-2)33(20)11-15/h4-6,9-11,16,19H,7-8,12-14H2,1-3H3,(H,27,35)(H,29,31)/t19-,25?/m1/s1. The summed E-state index contributed by atoms with van der Waals surface area (Å²) < 4.78 is 30.0. The molecule has 2 N–H and O–H groups in total. The fourth-order valence-electron chi connectivity index (χ4n) is 5.17. The number of fused-ring (bicyclic) bond motifs is 2. The quantitative estimate of drug-likeness (QED) is 0.407. The predicted octanol–water partition coefficient (Wildman–Crippen LogP) is 2.03. The van der Waals surface area contributed by atoms with Crippen molar-refractivity contribution in [1.82, 2.24) is 34.2 Å². The molecule has 194 valence electrons. The molecule has 2 saturated heterocycles. The minimum atomic E-state index is -1.45. The number of nitrogens with zero attached hydrogens (tertiary/aromatic N) is 6. The van der Waals surface area contributed by atoms with Crippen molar-refractivity contribution in [3.05, 3.63) is 42.5 Å². The van der Waals surface area contributed by atoms with Crippen LogP contribution in [0.5, 0.6) is 5.88 Å². The topological polar surface area (TPSA) is 110 Å². The highest BCUT2D eigenvalue weighted by Crippen LogP contribution is 2.34. The third-order valence-electron chi connectivity index (χ3n) is 7.33. The van der Waals surface area contributed by atoms with Gasteiger partial charge in [-0.25, -0.2) is 13.9 Å². The number of alkyl halides is 1. The zero-order chi connectivity index (χ0) is 25.7. The van der Waals surface area contributed by atoms with Gasteiger partial charge in [0.25, 0.3) is 5.91 Å². The molecule has 0 aliphatic carbocycles. The second-order valence-electron chi connectivity index (χ2n) is 9.76. The van der Waals surface area contributed by atoms with Gasteiger partial charge in [-0.2, -0.15) is 4.98 Å². The fraction of sp³-hybridized carbons (Fsp3) is 0.440. The zero-order valence-electron chi connectivity index (χ0n) is 20.9. The number of hydrogen-bond donors (Lipinski definition) is 2. The lowest BCUT2D eigenvalue weighted by Crippen LogP contribution is -2.61. The number of imidazole rings is 1. The Hall–Kier alpha value is -3.77. The molecule has 0 radical (unpaired) electrons. The van der Waals surface area contributed by atoms with E-state index in [1.54, 1.807) is 36.2 Å². The van der Waals surface area contributed by atoms with Crippen LogP contribution in [0, 0.1) is 0 Å². The number of aromatic nitrogens is 5. The average molecular weight is 509 g/mol. The first-order valence-electron chi connectivity index (χ1n) is 12.3. The van der Waals surface area contributed by atoms with Crippen LogP contribution in [0.4, 0.5) is 10.3 Å². The number of amides is 1. The maximum absolute atomic E-state index is 15.7. The molecule has 0 aromatic carbocycles. The number of hydrogen-bond acceptors (Lipinski definition) is 8. The lowest BCUT2D eigenvalue weighted by Gasteiger charge is -2.46. The van der Waals surface area contributed by atoms with Crippen molar-refractivity contribution >= 4 is 23.0 Å². The number of anilines is 1. The van der Waals surface area contributed by atoms with Gasteiger partial charge < -0.3 is 20.1 Å². The minimum absolute atomic E-state index is 0.227. The lowest BCUT2D eigenvalue weighted by molar-refractivity contribution is -0.0924. The molecule has 1 amide bonds. The fourth-order valence-corrected chi connectivity index (χ4v) is 5.17. The average Bonchev–Trinajstić information content (AvgIpc) is 3.47. The highest BCUT2D eigenvalue weighted by molar-refractivity contribution is 5.93. The van der Waals surface area contributed by atoms with Crippen LogP contribution in [-0.2, 0) is 4.74 Å². The number of piperidine rings is 1. The maximum Gasteiger partial charge on any atom is 0.269 e. The monoisotopic (exact) mass is 508 g/mol. The van der Waals surface area contributed by atoms with E-state index in [1.807, 2.05) is 30.6 Å². The van der Waals surface area contributed by atoms with E-state index in [2.05, 4.69) is 30.6 Å². The summed E-state index contributed by atoms with van der Waals surface area (Å²) >= 11 is 0. The number of nitrogens with one attached hydrogen (secondary N) is 2. The second kappa shape index (κ2) is 8.96. The maximum atomic E-state index is 15.7. The summed E-state index contributed by atoms with van der Waals surface area (Å²) in [5.41, 5.74) is 1.96. The Morgan fingerprint density at radius 3 is 2.84 bits per heavy atom. The summed E-state index contributed by atoms with van der Waals surface area (Å²) in [5.74, 6) is 0.432. The number of carbonyl (C=O) groups is 1. The van der Waals surface area contributed by atoms with Crippen LogP contribution in [0.2, 0.25) is 0 Å². The molecular weight excluding hydrogens is 479 g/mol. The van der Waals surface area contributed by atoms with Crippen molar-refractivity contribution in [3.63, 3.8) is 0 Å². The lowest BCUT2D eigenvalue weighted by atomic mass is 9.89. The summed E-state index contributed by atoms with van der Waals surface area (Å²) in [6.45, 7) is 4.08. The van der Waals surface area contributed by atoms with Crippen molar-refractivity contribution in [2.45, 2.75) is 31.1 Å².